The van der Waals surface area contributed by atoms with Crippen molar-refractivity contribution < 1.29 is 29.3 Å². The number of rotatable bonds is 10. The Labute approximate surface area is 177 Å². The quantitative estimate of drug-likeness (QED) is 0.303. The Hall–Kier alpha value is -3.80. The minimum Gasteiger partial charge on any atom is -0.493 e. The van der Waals surface area contributed by atoms with E-state index in [2.05, 4.69) is 15.6 Å². The second kappa shape index (κ2) is 10.8. The molecule has 1 atom stereocenters. The number of carboxylic acids is 1. The van der Waals surface area contributed by atoms with Gasteiger partial charge in [0.05, 0.1) is 5.69 Å². The van der Waals surface area contributed by atoms with Crippen LogP contribution in [-0.2, 0) is 33.9 Å². The molecule has 0 saturated heterocycles. The molecule has 0 aliphatic heterocycles. The van der Waals surface area contributed by atoms with Crippen molar-refractivity contribution in [2.75, 3.05) is 11.9 Å². The highest BCUT2D eigenvalue weighted by atomic mass is 16.5. The molecule has 2 amide bonds. The Balaban J connectivity index is 1.95. The largest absolute Gasteiger partial charge is 0.493 e. The Morgan fingerprint density at radius 1 is 1.32 bits per heavy atom. The molecule has 31 heavy (non-hydrogen) atoms. The van der Waals surface area contributed by atoms with E-state index in [0.29, 0.717) is 36.3 Å². The van der Waals surface area contributed by atoms with Crippen LogP contribution in [0.1, 0.15) is 24.6 Å². The number of nitrogens with two attached hydrogens (primary N) is 1. The molecule has 1 aromatic heterocycles. The fourth-order valence-electron chi connectivity index (χ4n) is 2.62. The number of alkyl carbamates (subject to hydrolysis) is 1. The summed E-state index contributed by atoms with van der Waals surface area (Å²) >= 11 is 0. The first-order valence-electron chi connectivity index (χ1n) is 9.46. The molecule has 12 nitrogen and oxygen atoms in total. The number of aromatic nitrogens is 2. The molecule has 0 bridgehead atoms. The van der Waals surface area contributed by atoms with Crippen LogP contribution in [0.2, 0.25) is 0 Å². The van der Waals surface area contributed by atoms with Gasteiger partial charge in [-0.15, -0.1) is 0 Å². The molecule has 12 heteroatoms. The standard InChI is InChI=1S/C19H25N5O7/c1-11(17(27)28)21-19(30)31-10-12-4-2-5-13(8-12)22-15(25)9-24-16(26)14(6-3-7-20)23-18(24)29/h2,4-5,8,11,26H,3,6-7,9-10,20H2,1H3,(H,21,30)(H,22,25)(H,23,29)(H,27,28)/t11-/m0/s1. The number of imidazole rings is 1. The first-order valence-corrected chi connectivity index (χ1v) is 9.46. The second-order valence-corrected chi connectivity index (χ2v) is 6.74. The van der Waals surface area contributed by atoms with E-state index in [1.807, 2.05) is 0 Å². The normalized spacial score (nSPS) is 11.5. The summed E-state index contributed by atoms with van der Waals surface area (Å²) < 4.78 is 5.87. The number of H-pyrrole nitrogens is 1. The van der Waals surface area contributed by atoms with Gasteiger partial charge in [0.25, 0.3) is 0 Å². The number of amides is 2. The molecule has 0 aliphatic rings. The predicted molar refractivity (Wildman–Crippen MR) is 110 cm³/mol. The third-order valence-electron chi connectivity index (χ3n) is 4.25. The lowest BCUT2D eigenvalue weighted by Gasteiger charge is -2.11. The first kappa shape index (κ1) is 23.5. The van der Waals surface area contributed by atoms with Crippen molar-refractivity contribution >= 4 is 23.7 Å². The van der Waals surface area contributed by atoms with Crippen LogP contribution in [-0.4, -0.2) is 50.3 Å². The molecule has 0 spiro atoms. The number of hydrogen-bond donors (Lipinski definition) is 6. The van der Waals surface area contributed by atoms with E-state index in [0.717, 1.165) is 4.57 Å². The van der Waals surface area contributed by atoms with Crippen molar-refractivity contribution in [2.45, 2.75) is 39.0 Å². The molecule has 2 rings (SSSR count). The van der Waals surface area contributed by atoms with Gasteiger partial charge in [0.2, 0.25) is 11.8 Å². The van der Waals surface area contributed by atoms with Gasteiger partial charge in [-0.3, -0.25) is 14.2 Å². The molecule has 0 saturated carbocycles. The van der Waals surface area contributed by atoms with Gasteiger partial charge in [-0.2, -0.15) is 0 Å². The Morgan fingerprint density at radius 2 is 2.06 bits per heavy atom. The summed E-state index contributed by atoms with van der Waals surface area (Å²) in [6, 6.07) is 5.33. The van der Waals surface area contributed by atoms with Crippen molar-refractivity contribution in [1.82, 2.24) is 14.9 Å². The van der Waals surface area contributed by atoms with Crippen molar-refractivity contribution in [3.05, 3.63) is 46.0 Å². The zero-order valence-corrected chi connectivity index (χ0v) is 16.9. The Bertz CT molecular complexity index is 998. The lowest BCUT2D eigenvalue weighted by atomic mass is 10.2. The van der Waals surface area contributed by atoms with Gasteiger partial charge < -0.3 is 36.3 Å². The smallest absolute Gasteiger partial charge is 0.408 e. The highest BCUT2D eigenvalue weighted by molar-refractivity contribution is 5.90. The van der Waals surface area contributed by atoms with Crippen LogP contribution in [0.5, 0.6) is 5.88 Å². The Morgan fingerprint density at radius 3 is 2.74 bits per heavy atom. The monoisotopic (exact) mass is 435 g/mol. The zero-order chi connectivity index (χ0) is 23.0. The number of aromatic amines is 1. The van der Waals surface area contributed by atoms with Gasteiger partial charge in [0.15, 0.2) is 0 Å². The van der Waals surface area contributed by atoms with Gasteiger partial charge in [0, 0.05) is 5.69 Å². The van der Waals surface area contributed by atoms with E-state index in [4.69, 9.17) is 15.6 Å². The average molecular weight is 435 g/mol. The van der Waals surface area contributed by atoms with E-state index in [-0.39, 0.29) is 12.5 Å². The summed E-state index contributed by atoms with van der Waals surface area (Å²) in [5, 5.41) is 23.6. The van der Waals surface area contributed by atoms with Gasteiger partial charge in [-0.25, -0.2) is 9.59 Å². The van der Waals surface area contributed by atoms with Crippen molar-refractivity contribution in [2.24, 2.45) is 5.73 Å². The van der Waals surface area contributed by atoms with Crippen LogP contribution in [0.15, 0.2) is 29.1 Å². The number of nitrogens with one attached hydrogen (secondary N) is 3. The van der Waals surface area contributed by atoms with E-state index in [1.54, 1.807) is 24.3 Å². The molecule has 2 aromatic rings. The minimum atomic E-state index is -1.19. The highest BCUT2D eigenvalue weighted by Crippen LogP contribution is 2.15. The predicted octanol–water partition coefficient (Wildman–Crippen LogP) is 0.111. The number of anilines is 1. The van der Waals surface area contributed by atoms with Crippen molar-refractivity contribution in [3.8, 4) is 5.88 Å². The van der Waals surface area contributed by atoms with Gasteiger partial charge in [0.1, 0.15) is 19.2 Å². The summed E-state index contributed by atoms with van der Waals surface area (Å²) in [5.74, 6) is -2.05. The fraction of sp³-hybridized carbons (Fsp3) is 0.368. The maximum atomic E-state index is 12.3. The number of nitrogens with zero attached hydrogens (tertiary/aromatic N) is 1. The summed E-state index contributed by atoms with van der Waals surface area (Å²) in [6.07, 6.45) is 0.0617. The van der Waals surface area contributed by atoms with Gasteiger partial charge in [-0.1, -0.05) is 12.1 Å². The number of carbonyl (C=O) groups is 3. The molecule has 1 aromatic carbocycles. The van der Waals surface area contributed by atoms with E-state index >= 15 is 0 Å². The SMILES string of the molecule is C[C@H](NC(=O)OCc1cccc(NC(=O)Cn2c(O)c(CCCN)[nH]c2=O)c1)C(=O)O. The third kappa shape index (κ3) is 6.89. The lowest BCUT2D eigenvalue weighted by molar-refractivity contribution is -0.138. The number of carbonyl (C=O) groups excluding carboxylic acids is 2. The molecular formula is C19H25N5O7. The number of benzene rings is 1. The summed E-state index contributed by atoms with van der Waals surface area (Å²) in [4.78, 5) is 49.1. The molecule has 168 valence electrons. The number of aryl methyl sites for hydroxylation is 1. The van der Waals surface area contributed by atoms with Crippen LogP contribution in [0.4, 0.5) is 10.5 Å². The molecule has 0 fully saturated rings. The minimum absolute atomic E-state index is 0.148. The summed E-state index contributed by atoms with van der Waals surface area (Å²) in [7, 11) is 0. The maximum Gasteiger partial charge on any atom is 0.408 e. The summed E-state index contributed by atoms with van der Waals surface area (Å²) in [5.41, 5.74) is 6.06. The number of aromatic hydroxyl groups is 1. The molecule has 1 heterocycles. The molecule has 0 unspecified atom stereocenters. The van der Waals surface area contributed by atoms with Crippen LogP contribution >= 0.6 is 0 Å². The number of ether oxygens (including phenoxy) is 1. The molecule has 7 N–H and O–H groups in total. The van der Waals surface area contributed by atoms with Crippen molar-refractivity contribution in [3.63, 3.8) is 0 Å². The molecular weight excluding hydrogens is 410 g/mol. The summed E-state index contributed by atoms with van der Waals surface area (Å²) in [6.45, 7) is 1.15. The first-order chi connectivity index (χ1) is 14.7. The fourth-order valence-corrected chi connectivity index (χ4v) is 2.62. The third-order valence-corrected chi connectivity index (χ3v) is 4.25. The van der Waals surface area contributed by atoms with Gasteiger partial charge in [-0.05, 0) is 44.0 Å². The average Bonchev–Trinajstić information content (AvgIpc) is 2.98. The van der Waals surface area contributed by atoms with E-state index < -0.39 is 36.2 Å². The highest BCUT2D eigenvalue weighted by Gasteiger charge is 2.16. The molecule has 0 radical (unpaired) electrons. The van der Waals surface area contributed by atoms with Crippen LogP contribution in [0, 0.1) is 0 Å². The van der Waals surface area contributed by atoms with E-state index in [1.165, 1.54) is 6.92 Å². The van der Waals surface area contributed by atoms with Crippen molar-refractivity contribution in [1.29, 1.82) is 0 Å². The number of hydrogen-bond acceptors (Lipinski definition) is 7. The number of carboxylic acid groups (broad SMARTS) is 1. The topological polar surface area (TPSA) is 189 Å². The maximum absolute atomic E-state index is 12.3. The number of aliphatic carboxylic acids is 1. The Kier molecular flexibility index (Phi) is 8.20. The van der Waals surface area contributed by atoms with Gasteiger partial charge >= 0.3 is 17.8 Å². The zero-order valence-electron chi connectivity index (χ0n) is 16.9. The van der Waals surface area contributed by atoms with Crippen LogP contribution in [0.3, 0.4) is 0 Å². The lowest BCUT2D eigenvalue weighted by Crippen LogP contribution is -2.38. The van der Waals surface area contributed by atoms with E-state index in [9.17, 15) is 24.3 Å². The molecule has 0 aliphatic carbocycles. The second-order valence-electron chi connectivity index (χ2n) is 6.74. The van der Waals surface area contributed by atoms with Crippen LogP contribution < -0.4 is 22.1 Å². The van der Waals surface area contributed by atoms with Crippen LogP contribution in [0.25, 0.3) is 0 Å².